The number of carbonyl (C=O) groups excluding carboxylic acids is 2. The molecule has 0 bridgehead atoms. The Morgan fingerprint density at radius 1 is 1.07 bits per heavy atom. The van der Waals surface area contributed by atoms with Crippen LogP contribution in [0.25, 0.3) is 5.65 Å². The van der Waals surface area contributed by atoms with E-state index in [1.165, 1.54) is 16.0 Å². The van der Waals surface area contributed by atoms with Gasteiger partial charge in [-0.1, -0.05) is 43.7 Å². The Labute approximate surface area is 174 Å². The van der Waals surface area contributed by atoms with Gasteiger partial charge in [0.05, 0.1) is 12.2 Å². The number of amides is 3. The van der Waals surface area contributed by atoms with Crippen LogP contribution < -0.4 is 10.9 Å². The van der Waals surface area contributed by atoms with E-state index in [4.69, 9.17) is 0 Å². The monoisotopic (exact) mass is 404 g/mol. The average molecular weight is 404 g/mol. The first-order valence-corrected chi connectivity index (χ1v) is 10.0. The van der Waals surface area contributed by atoms with Crippen LogP contribution in [-0.2, 0) is 23.3 Å². The highest BCUT2D eigenvalue weighted by Gasteiger charge is 2.49. The molecule has 3 aromatic rings. The van der Waals surface area contributed by atoms with Gasteiger partial charge >= 0.3 is 6.03 Å². The summed E-state index contributed by atoms with van der Waals surface area (Å²) in [5, 5.41) is 2.80. The van der Waals surface area contributed by atoms with E-state index >= 15 is 0 Å². The van der Waals surface area contributed by atoms with Crippen LogP contribution in [0.15, 0.2) is 53.5 Å². The van der Waals surface area contributed by atoms with Crippen LogP contribution in [-0.4, -0.2) is 26.2 Å². The summed E-state index contributed by atoms with van der Waals surface area (Å²) in [6.07, 6.45) is 3.71. The fourth-order valence-electron chi connectivity index (χ4n) is 3.83. The summed E-state index contributed by atoms with van der Waals surface area (Å²) in [7, 11) is 0. The van der Waals surface area contributed by atoms with Gasteiger partial charge in [-0.25, -0.2) is 9.78 Å². The molecule has 1 unspecified atom stereocenters. The molecule has 1 aliphatic heterocycles. The number of carbonyl (C=O) groups is 2. The van der Waals surface area contributed by atoms with Crippen molar-refractivity contribution in [1.29, 1.82) is 0 Å². The van der Waals surface area contributed by atoms with Crippen molar-refractivity contribution in [3.63, 3.8) is 0 Å². The van der Waals surface area contributed by atoms with Crippen molar-refractivity contribution < 1.29 is 9.59 Å². The second-order valence-corrected chi connectivity index (χ2v) is 7.91. The van der Waals surface area contributed by atoms with E-state index in [1.807, 2.05) is 37.3 Å². The van der Waals surface area contributed by atoms with Crippen LogP contribution in [0.3, 0.4) is 0 Å². The van der Waals surface area contributed by atoms with E-state index in [-0.39, 0.29) is 18.0 Å². The van der Waals surface area contributed by atoms with E-state index in [1.54, 1.807) is 19.2 Å². The molecule has 154 valence electrons. The van der Waals surface area contributed by atoms with Crippen LogP contribution in [0, 0.1) is 6.92 Å². The first kappa shape index (κ1) is 19.8. The zero-order valence-corrected chi connectivity index (χ0v) is 17.3. The number of benzene rings is 1. The molecular formula is C23H24N4O3. The Bertz CT molecular complexity index is 1200. The molecule has 1 aromatic carbocycles. The van der Waals surface area contributed by atoms with Crippen LogP contribution in [0.5, 0.6) is 0 Å². The van der Waals surface area contributed by atoms with Crippen molar-refractivity contribution in [1.82, 2.24) is 19.6 Å². The molecule has 0 saturated carbocycles. The third-order valence-corrected chi connectivity index (χ3v) is 5.53. The molecule has 1 saturated heterocycles. The van der Waals surface area contributed by atoms with Crippen molar-refractivity contribution in [3.8, 4) is 0 Å². The quantitative estimate of drug-likeness (QED) is 0.663. The van der Waals surface area contributed by atoms with Crippen LogP contribution in [0.1, 0.15) is 42.7 Å². The van der Waals surface area contributed by atoms with Crippen molar-refractivity contribution in [2.24, 2.45) is 0 Å². The van der Waals surface area contributed by atoms with Crippen molar-refractivity contribution >= 4 is 17.6 Å². The van der Waals surface area contributed by atoms with Gasteiger partial charge in [0.2, 0.25) is 0 Å². The zero-order valence-electron chi connectivity index (χ0n) is 17.3. The third-order valence-electron chi connectivity index (χ3n) is 5.53. The van der Waals surface area contributed by atoms with Gasteiger partial charge in [0.1, 0.15) is 11.2 Å². The minimum absolute atomic E-state index is 0.0617. The number of hydrogen-bond donors (Lipinski definition) is 1. The Morgan fingerprint density at radius 2 is 1.80 bits per heavy atom. The molecule has 30 heavy (non-hydrogen) atoms. The molecule has 1 atom stereocenters. The molecule has 4 rings (SSSR count). The van der Waals surface area contributed by atoms with Crippen LogP contribution in [0.2, 0.25) is 0 Å². The number of aryl methyl sites for hydroxylation is 2. The number of nitrogens with zero attached hydrogens (tertiary/aromatic N) is 3. The van der Waals surface area contributed by atoms with Gasteiger partial charge < -0.3 is 5.32 Å². The van der Waals surface area contributed by atoms with Crippen LogP contribution >= 0.6 is 0 Å². The third kappa shape index (κ3) is 3.36. The number of pyridine rings is 1. The number of hydrogen-bond acceptors (Lipinski definition) is 4. The summed E-state index contributed by atoms with van der Waals surface area (Å²) in [5.74, 6) is -0.360. The minimum atomic E-state index is -1.15. The molecule has 7 nitrogen and oxygen atoms in total. The second-order valence-electron chi connectivity index (χ2n) is 7.91. The lowest BCUT2D eigenvalue weighted by molar-refractivity contribution is -0.131. The molecule has 1 fully saturated rings. The molecule has 1 aliphatic rings. The molecule has 3 amide bonds. The van der Waals surface area contributed by atoms with Crippen molar-refractivity contribution in [3.05, 3.63) is 81.4 Å². The van der Waals surface area contributed by atoms with Gasteiger partial charge in [-0.3, -0.25) is 18.9 Å². The lowest BCUT2D eigenvalue weighted by Crippen LogP contribution is -2.40. The van der Waals surface area contributed by atoms with Crippen molar-refractivity contribution in [2.45, 2.75) is 45.7 Å². The van der Waals surface area contributed by atoms with Gasteiger partial charge in [0.15, 0.2) is 0 Å². The Morgan fingerprint density at radius 3 is 2.50 bits per heavy atom. The highest BCUT2D eigenvalue weighted by Crippen LogP contribution is 2.30. The van der Waals surface area contributed by atoms with Crippen LogP contribution in [0.4, 0.5) is 4.79 Å². The highest BCUT2D eigenvalue weighted by molar-refractivity contribution is 6.07. The van der Waals surface area contributed by atoms with Gasteiger partial charge in [-0.05, 0) is 43.0 Å². The van der Waals surface area contributed by atoms with Crippen molar-refractivity contribution in [2.75, 3.05) is 0 Å². The topological polar surface area (TPSA) is 83.8 Å². The van der Waals surface area contributed by atoms with Gasteiger partial charge in [-0.15, -0.1) is 0 Å². The maximum Gasteiger partial charge on any atom is 0.325 e. The molecule has 0 aliphatic carbocycles. The number of nitrogens with one attached hydrogen (secondary N) is 1. The van der Waals surface area contributed by atoms with Gasteiger partial charge in [-0.2, -0.15) is 0 Å². The minimum Gasteiger partial charge on any atom is -0.319 e. The molecule has 0 spiro atoms. The Hall–Kier alpha value is -3.48. The smallest absolute Gasteiger partial charge is 0.319 e. The normalized spacial score (nSPS) is 18.8. The number of rotatable bonds is 5. The van der Waals surface area contributed by atoms with Gasteiger partial charge in [0, 0.05) is 12.3 Å². The van der Waals surface area contributed by atoms with Gasteiger partial charge in [0.25, 0.3) is 11.5 Å². The average Bonchev–Trinajstić information content (AvgIpc) is 2.93. The standard InChI is InChI=1S/C23H24N4O3/c1-4-5-16-7-9-17(10-8-16)23(3)21(29)27(22(30)25-23)14-18-12-20(28)26-13-15(2)6-11-19(26)24-18/h6-13H,4-5,14H2,1-3H3,(H,25,30). The Balaban J connectivity index is 1.62. The number of urea groups is 1. The maximum atomic E-state index is 13.2. The largest absolute Gasteiger partial charge is 0.325 e. The maximum absolute atomic E-state index is 13.2. The molecule has 3 heterocycles. The molecule has 7 heteroatoms. The highest BCUT2D eigenvalue weighted by atomic mass is 16.2. The second kappa shape index (κ2) is 7.40. The first-order valence-electron chi connectivity index (χ1n) is 10.0. The zero-order chi connectivity index (χ0) is 21.5. The summed E-state index contributed by atoms with van der Waals surface area (Å²) in [4.78, 5) is 43.8. The number of aromatic nitrogens is 2. The summed E-state index contributed by atoms with van der Waals surface area (Å²) in [6, 6.07) is 12.2. The molecule has 0 radical (unpaired) electrons. The summed E-state index contributed by atoms with van der Waals surface area (Å²) in [5.41, 5.74) is 2.30. The number of imide groups is 1. The summed E-state index contributed by atoms with van der Waals surface area (Å²) >= 11 is 0. The first-order chi connectivity index (χ1) is 14.3. The van der Waals surface area contributed by atoms with E-state index in [0.29, 0.717) is 11.3 Å². The molecule has 1 N–H and O–H groups in total. The van der Waals surface area contributed by atoms with E-state index in [0.717, 1.165) is 28.9 Å². The molecule has 2 aromatic heterocycles. The van der Waals surface area contributed by atoms with E-state index in [2.05, 4.69) is 17.2 Å². The summed E-state index contributed by atoms with van der Waals surface area (Å²) < 4.78 is 1.45. The van der Waals surface area contributed by atoms with E-state index < -0.39 is 11.6 Å². The van der Waals surface area contributed by atoms with E-state index in [9.17, 15) is 14.4 Å². The Kier molecular flexibility index (Phi) is 4.89. The fourth-order valence-corrected chi connectivity index (χ4v) is 3.83. The SMILES string of the molecule is CCCc1ccc(C2(C)NC(=O)N(Cc3cc(=O)n4cc(C)ccc4n3)C2=O)cc1. The predicted molar refractivity (Wildman–Crippen MR) is 113 cm³/mol. The number of fused-ring (bicyclic) bond motifs is 1. The predicted octanol–water partition coefficient (Wildman–Crippen LogP) is 2.92. The lowest BCUT2D eigenvalue weighted by Gasteiger charge is -2.22. The lowest BCUT2D eigenvalue weighted by atomic mass is 9.91. The molecular weight excluding hydrogens is 380 g/mol. The fraction of sp³-hybridized carbons (Fsp3) is 0.304. The summed E-state index contributed by atoms with van der Waals surface area (Å²) in [6.45, 7) is 5.64.